The molecule has 0 spiro atoms. The first-order valence-electron chi connectivity index (χ1n) is 20.5. The van der Waals surface area contributed by atoms with Gasteiger partial charge in [0.05, 0.1) is 0 Å². The summed E-state index contributed by atoms with van der Waals surface area (Å²) in [5, 5.41) is 10.2. The zero-order valence-electron chi connectivity index (χ0n) is 36.7. The maximum Gasteiger partial charge on any atom is 0.329 e. The summed E-state index contributed by atoms with van der Waals surface area (Å²) in [4.78, 5) is 76.6. The van der Waals surface area contributed by atoms with Crippen molar-refractivity contribution in [1.82, 2.24) is 21.3 Å². The summed E-state index contributed by atoms with van der Waals surface area (Å²) in [6, 6.07) is -2.41. The minimum absolute atomic E-state index is 0.0139. The number of unbranched alkanes of at least 4 members (excludes halogenated alkanes) is 1. The van der Waals surface area contributed by atoms with Gasteiger partial charge in [-0.2, -0.15) is 0 Å². The molecule has 61 heavy (non-hydrogen) atoms. The molecular formula is C41H66F5N5O9S. The largest absolute Gasteiger partial charge is 0.460 e. The molecule has 1 aliphatic rings. The number of ether oxygens (including phenoxy) is 3. The summed E-state index contributed by atoms with van der Waals surface area (Å²) < 4.78 is 84.4. The lowest BCUT2D eigenvalue weighted by molar-refractivity contribution is -0.159. The van der Waals surface area contributed by atoms with Crippen LogP contribution in [-0.4, -0.2) is 83.8 Å². The number of nitrogens with one attached hydrogen (secondary N) is 4. The summed E-state index contributed by atoms with van der Waals surface area (Å²) in [6.45, 7) is 15.2. The molecule has 0 radical (unpaired) electrons. The van der Waals surface area contributed by atoms with Crippen LogP contribution in [0.1, 0.15) is 126 Å². The number of halogens is 5. The SMILES string of the molecule is CC(C)(C)OC(=O)CC[C@H](NC(=O)N[C@@H](CCCCNC(=O)[C@H](Cc1cccc(S(F)(F)(F)(F)F)c1)NC(=O)C1CCC(CN)CC1)C(=O)OC(C)(C)C)C(=O)OC(C)(C)C. The van der Waals surface area contributed by atoms with Crippen molar-refractivity contribution < 1.29 is 62.4 Å². The second-order valence-electron chi connectivity index (χ2n) is 18.5. The van der Waals surface area contributed by atoms with Gasteiger partial charge in [0.2, 0.25) is 11.8 Å². The number of benzene rings is 1. The molecule has 3 atom stereocenters. The highest BCUT2D eigenvalue weighted by Gasteiger charge is 2.65. The van der Waals surface area contributed by atoms with Gasteiger partial charge < -0.3 is 41.2 Å². The van der Waals surface area contributed by atoms with E-state index in [-0.39, 0.29) is 62.3 Å². The Morgan fingerprint density at radius 2 is 1.25 bits per heavy atom. The van der Waals surface area contributed by atoms with Crippen molar-refractivity contribution in [3.63, 3.8) is 0 Å². The van der Waals surface area contributed by atoms with E-state index >= 15 is 0 Å². The molecule has 0 bridgehead atoms. The molecule has 2 rings (SSSR count). The molecular weight excluding hydrogens is 834 g/mol. The lowest BCUT2D eigenvalue weighted by atomic mass is 9.81. The Labute approximate surface area is 355 Å². The summed E-state index contributed by atoms with van der Waals surface area (Å²) in [5.41, 5.74) is 2.84. The number of hydrogen-bond acceptors (Lipinski definition) is 10. The Morgan fingerprint density at radius 3 is 1.74 bits per heavy atom. The lowest BCUT2D eigenvalue weighted by Gasteiger charge is -2.40. The van der Waals surface area contributed by atoms with Crippen LogP contribution in [0.3, 0.4) is 0 Å². The third-order valence-electron chi connectivity index (χ3n) is 9.24. The summed E-state index contributed by atoms with van der Waals surface area (Å²) in [6.07, 6.45) is 1.79. The van der Waals surface area contributed by atoms with Crippen molar-refractivity contribution in [2.24, 2.45) is 17.6 Å². The molecule has 1 fully saturated rings. The smallest absolute Gasteiger partial charge is 0.329 e. The molecule has 20 heteroatoms. The first-order chi connectivity index (χ1) is 27.6. The summed E-state index contributed by atoms with van der Waals surface area (Å²) in [7, 11) is -10.0. The number of carbonyl (C=O) groups is 6. The van der Waals surface area contributed by atoms with Gasteiger partial charge in [-0.3, -0.25) is 14.4 Å². The van der Waals surface area contributed by atoms with Crippen molar-refractivity contribution in [2.75, 3.05) is 13.1 Å². The van der Waals surface area contributed by atoms with Gasteiger partial charge in [0.25, 0.3) is 0 Å². The minimum atomic E-state index is -10.0. The Morgan fingerprint density at radius 1 is 0.721 bits per heavy atom. The van der Waals surface area contributed by atoms with Gasteiger partial charge in [-0.25, -0.2) is 14.4 Å². The number of urea groups is 1. The molecule has 0 aromatic heterocycles. The average molecular weight is 900 g/mol. The highest BCUT2D eigenvalue weighted by Crippen LogP contribution is 3.02. The van der Waals surface area contributed by atoms with Crippen LogP contribution >= 0.6 is 10.2 Å². The first-order valence-corrected chi connectivity index (χ1v) is 22.5. The van der Waals surface area contributed by atoms with Crippen molar-refractivity contribution in [1.29, 1.82) is 0 Å². The molecule has 14 nitrogen and oxygen atoms in total. The molecule has 1 aliphatic carbocycles. The van der Waals surface area contributed by atoms with E-state index in [1.165, 1.54) is 0 Å². The molecule has 0 unspecified atom stereocenters. The van der Waals surface area contributed by atoms with Crippen LogP contribution in [0.15, 0.2) is 29.2 Å². The normalized spacial score (nSPS) is 18.8. The van der Waals surface area contributed by atoms with Crippen molar-refractivity contribution in [3.8, 4) is 0 Å². The molecule has 6 N–H and O–H groups in total. The summed E-state index contributed by atoms with van der Waals surface area (Å²) >= 11 is 0. The van der Waals surface area contributed by atoms with E-state index in [0.29, 0.717) is 32.2 Å². The van der Waals surface area contributed by atoms with Crippen LogP contribution in [0.2, 0.25) is 0 Å². The fourth-order valence-corrected chi connectivity index (χ4v) is 7.08. The Balaban J connectivity index is 2.18. The van der Waals surface area contributed by atoms with E-state index in [0.717, 1.165) is 12.1 Å². The van der Waals surface area contributed by atoms with Gasteiger partial charge in [-0.15, -0.1) is 0 Å². The maximum absolute atomic E-state index is 13.6. The summed E-state index contributed by atoms with van der Waals surface area (Å²) in [5.74, 6) is -3.74. The highest BCUT2D eigenvalue weighted by molar-refractivity contribution is 8.45. The second kappa shape index (κ2) is 20.3. The molecule has 350 valence electrons. The van der Waals surface area contributed by atoms with Gasteiger partial charge in [-0.1, -0.05) is 31.6 Å². The van der Waals surface area contributed by atoms with Crippen LogP contribution in [-0.2, 0) is 44.6 Å². The topological polar surface area (TPSA) is 204 Å². The number of esters is 3. The Kier molecular flexibility index (Phi) is 17.6. The minimum Gasteiger partial charge on any atom is -0.460 e. The van der Waals surface area contributed by atoms with Gasteiger partial charge in [0.1, 0.15) is 39.8 Å². The number of hydrogen-bond donors (Lipinski definition) is 5. The predicted molar refractivity (Wildman–Crippen MR) is 221 cm³/mol. The van der Waals surface area contributed by atoms with Crippen LogP contribution < -0.4 is 27.0 Å². The van der Waals surface area contributed by atoms with Crippen molar-refractivity contribution >= 4 is 46.0 Å². The van der Waals surface area contributed by atoms with Crippen molar-refractivity contribution in [2.45, 2.75) is 166 Å². The van der Waals surface area contributed by atoms with Gasteiger partial charge in [-0.05, 0) is 144 Å². The number of nitrogens with two attached hydrogens (primary N) is 1. The van der Waals surface area contributed by atoms with Crippen LogP contribution in [0, 0.1) is 11.8 Å². The molecule has 0 saturated heterocycles. The second-order valence-corrected chi connectivity index (χ2v) is 20.9. The van der Waals surface area contributed by atoms with Crippen LogP contribution in [0.4, 0.5) is 24.2 Å². The number of amides is 4. The average Bonchev–Trinajstić information content (AvgIpc) is 3.09. The van der Waals surface area contributed by atoms with E-state index in [2.05, 4.69) is 21.3 Å². The Bertz CT molecular complexity index is 1710. The molecule has 1 aromatic carbocycles. The quantitative estimate of drug-likeness (QED) is 0.0407. The van der Waals surface area contributed by atoms with Gasteiger partial charge >= 0.3 is 34.2 Å². The zero-order valence-corrected chi connectivity index (χ0v) is 37.5. The van der Waals surface area contributed by atoms with E-state index in [9.17, 15) is 48.2 Å². The third-order valence-corrected chi connectivity index (χ3v) is 10.4. The van der Waals surface area contributed by atoms with Crippen LogP contribution in [0.25, 0.3) is 0 Å². The van der Waals surface area contributed by atoms with Crippen molar-refractivity contribution in [3.05, 3.63) is 29.8 Å². The maximum atomic E-state index is 13.6. The Hall–Kier alpha value is -4.20. The van der Waals surface area contributed by atoms with E-state index in [1.807, 2.05) is 0 Å². The van der Waals surface area contributed by atoms with E-state index in [4.69, 9.17) is 19.9 Å². The zero-order chi connectivity index (χ0) is 46.7. The molecule has 4 amide bonds. The van der Waals surface area contributed by atoms with E-state index in [1.54, 1.807) is 62.3 Å². The number of carbonyl (C=O) groups excluding carboxylic acids is 6. The van der Waals surface area contributed by atoms with Crippen LogP contribution in [0.5, 0.6) is 0 Å². The molecule has 0 aliphatic heterocycles. The third kappa shape index (κ3) is 21.0. The molecule has 1 saturated carbocycles. The van der Waals surface area contributed by atoms with E-state index < -0.39 is 98.1 Å². The molecule has 0 heterocycles. The first kappa shape index (κ1) is 52.9. The number of rotatable bonds is 19. The molecule has 1 aromatic rings. The predicted octanol–water partition coefficient (Wildman–Crippen LogP) is 7.26. The highest BCUT2D eigenvalue weighted by atomic mass is 32.5. The van der Waals surface area contributed by atoms with Gasteiger partial charge in [0.15, 0.2) is 0 Å². The standard InChI is InChI=1S/C41H66F5N5O9S/c1-39(2,3)58-33(52)21-20-31(37(56)60-41(7,8)9)51-38(57)50-30(36(55)59-40(4,5)6)15-10-11-22-48-35(54)32(49-34(53)28-18-16-26(25-47)17-19-28)24-27-13-12-14-29(23-27)61(42,43,44,45)46/h12-14,23,26,28,30-32H,10-11,15-22,24-25,47H2,1-9H3,(H,48,54)(H,49,53)(H2,50,51,57)/t26?,28?,30-,31-,32-/m0/s1. The fraction of sp³-hybridized carbons (Fsp3) is 0.707. The van der Waals surface area contributed by atoms with Gasteiger partial charge in [0, 0.05) is 25.3 Å². The lowest BCUT2D eigenvalue weighted by Crippen LogP contribution is -2.53. The monoisotopic (exact) mass is 899 g/mol. The fourth-order valence-electron chi connectivity index (χ4n) is 6.37.